The van der Waals surface area contributed by atoms with Crippen molar-refractivity contribution in [1.29, 1.82) is 0 Å². The van der Waals surface area contributed by atoms with Crippen LogP contribution in [0.2, 0.25) is 0 Å². The molecule has 4 aromatic rings. The lowest BCUT2D eigenvalue weighted by molar-refractivity contribution is -0.119. The summed E-state index contributed by atoms with van der Waals surface area (Å²) < 4.78 is 0. The third-order valence-corrected chi connectivity index (χ3v) is 6.39. The van der Waals surface area contributed by atoms with Crippen molar-refractivity contribution >= 4 is 29.0 Å². The van der Waals surface area contributed by atoms with Gasteiger partial charge in [-0.15, -0.1) is 0 Å². The molecule has 3 heterocycles. The first-order valence-electron chi connectivity index (χ1n) is 10.5. The molecular formula is C26H22N4OS. The Morgan fingerprint density at radius 1 is 0.719 bits per heavy atom. The normalized spacial score (nSPS) is 12.3. The predicted octanol–water partition coefficient (Wildman–Crippen LogP) is 5.31. The van der Waals surface area contributed by atoms with Gasteiger partial charge in [-0.3, -0.25) is 24.6 Å². The quantitative estimate of drug-likeness (QED) is 0.408. The van der Waals surface area contributed by atoms with Gasteiger partial charge in [0, 0.05) is 35.3 Å². The number of hydrogen-bond acceptors (Lipinski definition) is 5. The maximum Gasteiger partial charge on any atom is 0.245 e. The molecule has 0 saturated carbocycles. The topological polar surface area (TPSA) is 49.3 Å². The molecule has 5 rings (SSSR count). The molecule has 0 spiro atoms. The van der Waals surface area contributed by atoms with Crippen molar-refractivity contribution in [3.8, 4) is 0 Å². The van der Waals surface area contributed by atoms with Gasteiger partial charge in [0.25, 0.3) is 0 Å². The van der Waals surface area contributed by atoms with Gasteiger partial charge in [-0.25, -0.2) is 0 Å². The van der Waals surface area contributed by atoms with Crippen LogP contribution in [0.4, 0.5) is 11.4 Å². The fraction of sp³-hybridized carbons (Fsp3) is 0.115. The van der Waals surface area contributed by atoms with Crippen molar-refractivity contribution in [2.45, 2.75) is 22.9 Å². The Balaban J connectivity index is 1.45. The highest BCUT2D eigenvalue weighted by Gasteiger charge is 2.29. The highest BCUT2D eigenvalue weighted by atomic mass is 32.2. The van der Waals surface area contributed by atoms with Gasteiger partial charge in [0.15, 0.2) is 0 Å². The molecule has 2 aromatic heterocycles. The monoisotopic (exact) mass is 438 g/mol. The number of carbonyl (C=O) groups excluding carboxylic acids is 1. The summed E-state index contributed by atoms with van der Waals surface area (Å²) in [6.07, 6.45) is 3.56. The van der Waals surface area contributed by atoms with E-state index in [4.69, 9.17) is 0 Å². The Morgan fingerprint density at radius 2 is 1.22 bits per heavy atom. The summed E-state index contributed by atoms with van der Waals surface area (Å²) in [5.74, 6) is 0.0251. The minimum Gasteiger partial charge on any atom is -0.283 e. The average molecular weight is 439 g/mol. The molecule has 158 valence electrons. The van der Waals surface area contributed by atoms with Crippen LogP contribution in [0.1, 0.15) is 11.4 Å². The number of rotatable bonds is 6. The zero-order valence-corrected chi connectivity index (χ0v) is 18.3. The molecule has 1 amide bonds. The van der Waals surface area contributed by atoms with Gasteiger partial charge >= 0.3 is 0 Å². The first-order chi connectivity index (χ1) is 15.8. The first-order valence-corrected chi connectivity index (χ1v) is 11.3. The van der Waals surface area contributed by atoms with E-state index in [1.807, 2.05) is 77.7 Å². The van der Waals surface area contributed by atoms with Gasteiger partial charge in [-0.2, -0.15) is 0 Å². The molecule has 0 atom stereocenters. The maximum absolute atomic E-state index is 13.7. The Labute approximate surface area is 191 Å². The molecule has 0 unspecified atom stereocenters. The highest BCUT2D eigenvalue weighted by Crippen LogP contribution is 2.47. The molecule has 0 fully saturated rings. The molecule has 1 aliphatic rings. The molecule has 0 aliphatic carbocycles. The number of aromatic nitrogens is 2. The summed E-state index contributed by atoms with van der Waals surface area (Å²) in [5.41, 5.74) is 3.70. The minimum atomic E-state index is 0.0251. The van der Waals surface area contributed by atoms with Crippen LogP contribution in [0.5, 0.6) is 0 Å². The van der Waals surface area contributed by atoms with Crippen molar-refractivity contribution in [1.82, 2.24) is 14.9 Å². The zero-order chi connectivity index (χ0) is 21.8. The Kier molecular flexibility index (Phi) is 5.96. The van der Waals surface area contributed by atoms with Crippen LogP contribution in [0.25, 0.3) is 0 Å². The third kappa shape index (κ3) is 4.42. The van der Waals surface area contributed by atoms with Crippen molar-refractivity contribution < 1.29 is 4.79 Å². The number of fused-ring (bicyclic) bond motifs is 2. The van der Waals surface area contributed by atoms with E-state index in [1.54, 1.807) is 24.2 Å². The third-order valence-electron chi connectivity index (χ3n) is 5.26. The van der Waals surface area contributed by atoms with Gasteiger partial charge in [0.05, 0.1) is 29.3 Å². The van der Waals surface area contributed by atoms with E-state index in [1.165, 1.54) is 0 Å². The van der Waals surface area contributed by atoms with E-state index in [9.17, 15) is 4.79 Å². The van der Waals surface area contributed by atoms with Crippen LogP contribution in [0.15, 0.2) is 107 Å². The fourth-order valence-electron chi connectivity index (χ4n) is 3.84. The lowest BCUT2D eigenvalue weighted by Crippen LogP contribution is -2.38. The van der Waals surface area contributed by atoms with Gasteiger partial charge in [-0.05, 0) is 48.5 Å². The first kappa shape index (κ1) is 20.4. The Morgan fingerprint density at radius 3 is 1.72 bits per heavy atom. The largest absolute Gasteiger partial charge is 0.283 e. The van der Waals surface area contributed by atoms with Gasteiger partial charge in [0.1, 0.15) is 0 Å². The molecule has 0 saturated heterocycles. The number of anilines is 2. The summed E-state index contributed by atoms with van der Waals surface area (Å²) in [6.45, 7) is 1.38. The highest BCUT2D eigenvalue weighted by molar-refractivity contribution is 7.99. The molecule has 2 aromatic carbocycles. The standard InChI is InChI=1S/C26H22N4OS/c31-26(30-22-11-1-3-13-24(22)32-25-14-4-2-12-23(25)30)19-29(17-20-9-5-7-15-27-20)18-21-10-6-8-16-28-21/h1-16H,17-19H2. The number of amides is 1. The van der Waals surface area contributed by atoms with E-state index in [2.05, 4.69) is 27.0 Å². The molecule has 6 heteroatoms. The van der Waals surface area contributed by atoms with Crippen LogP contribution in [0, 0.1) is 0 Å². The second-order valence-corrected chi connectivity index (χ2v) is 8.64. The van der Waals surface area contributed by atoms with Crippen molar-refractivity contribution in [2.24, 2.45) is 0 Å². The van der Waals surface area contributed by atoms with E-state index < -0.39 is 0 Å². The molecule has 0 N–H and O–H groups in total. The van der Waals surface area contributed by atoms with Crippen LogP contribution < -0.4 is 4.90 Å². The van der Waals surface area contributed by atoms with Crippen molar-refractivity contribution in [3.63, 3.8) is 0 Å². The fourth-order valence-corrected chi connectivity index (χ4v) is 4.90. The second kappa shape index (κ2) is 9.34. The summed E-state index contributed by atoms with van der Waals surface area (Å²) >= 11 is 1.70. The summed E-state index contributed by atoms with van der Waals surface area (Å²) in [4.78, 5) is 28.8. The number of hydrogen-bond donors (Lipinski definition) is 0. The van der Waals surface area contributed by atoms with Crippen molar-refractivity contribution in [2.75, 3.05) is 11.4 Å². The molecule has 1 aliphatic heterocycles. The molecule has 5 nitrogen and oxygen atoms in total. The summed E-state index contributed by atoms with van der Waals surface area (Å²) in [6, 6.07) is 27.8. The SMILES string of the molecule is O=C(CN(Cc1ccccn1)Cc1ccccn1)N1c2ccccc2Sc2ccccc21. The van der Waals surface area contributed by atoms with E-state index >= 15 is 0 Å². The zero-order valence-electron chi connectivity index (χ0n) is 17.5. The lowest BCUT2D eigenvalue weighted by atomic mass is 10.2. The molecular weight excluding hydrogens is 416 g/mol. The lowest BCUT2D eigenvalue weighted by Gasteiger charge is -2.32. The van der Waals surface area contributed by atoms with Crippen LogP contribution in [-0.2, 0) is 17.9 Å². The Bertz CT molecular complexity index is 1130. The average Bonchev–Trinajstić information content (AvgIpc) is 2.83. The molecule has 0 bridgehead atoms. The summed E-state index contributed by atoms with van der Waals surface area (Å²) in [5, 5.41) is 0. The van der Waals surface area contributed by atoms with Gasteiger partial charge in [0.2, 0.25) is 5.91 Å². The minimum absolute atomic E-state index is 0.0251. The molecule has 0 radical (unpaired) electrons. The van der Waals surface area contributed by atoms with Crippen LogP contribution >= 0.6 is 11.8 Å². The summed E-state index contributed by atoms with van der Waals surface area (Å²) in [7, 11) is 0. The number of carbonyl (C=O) groups is 1. The number of pyridine rings is 2. The maximum atomic E-state index is 13.7. The van der Waals surface area contributed by atoms with Crippen LogP contribution in [-0.4, -0.2) is 27.3 Å². The van der Waals surface area contributed by atoms with Crippen LogP contribution in [0.3, 0.4) is 0 Å². The van der Waals surface area contributed by atoms with Gasteiger partial charge in [-0.1, -0.05) is 48.2 Å². The Hall–Kier alpha value is -3.48. The number of benzene rings is 2. The van der Waals surface area contributed by atoms with E-state index in [-0.39, 0.29) is 12.5 Å². The predicted molar refractivity (Wildman–Crippen MR) is 127 cm³/mol. The number of nitrogens with zero attached hydrogens (tertiary/aromatic N) is 4. The van der Waals surface area contributed by atoms with E-state index in [0.717, 1.165) is 32.6 Å². The number of para-hydroxylation sites is 2. The van der Waals surface area contributed by atoms with Gasteiger partial charge < -0.3 is 0 Å². The molecule has 32 heavy (non-hydrogen) atoms. The van der Waals surface area contributed by atoms with Crippen molar-refractivity contribution in [3.05, 3.63) is 109 Å². The smallest absolute Gasteiger partial charge is 0.245 e. The second-order valence-electron chi connectivity index (χ2n) is 7.55. The van der Waals surface area contributed by atoms with E-state index in [0.29, 0.717) is 13.1 Å².